The Morgan fingerprint density at radius 3 is 2.71 bits per heavy atom. The molecule has 4 heteroatoms. The topological polar surface area (TPSA) is 37.3 Å². The van der Waals surface area contributed by atoms with Crippen LogP contribution in [0.5, 0.6) is 0 Å². The van der Waals surface area contributed by atoms with Gasteiger partial charge in [-0.05, 0) is 56.3 Å². The number of hydrogen-bond donors (Lipinski definition) is 1. The van der Waals surface area contributed by atoms with E-state index in [0.717, 1.165) is 23.0 Å². The Morgan fingerprint density at radius 1 is 1.19 bits per heavy atom. The summed E-state index contributed by atoms with van der Waals surface area (Å²) < 4.78 is 0. The van der Waals surface area contributed by atoms with E-state index in [1.807, 2.05) is 42.2 Å². The molecule has 0 aliphatic rings. The van der Waals surface area contributed by atoms with Gasteiger partial charge in [0, 0.05) is 11.9 Å². The summed E-state index contributed by atoms with van der Waals surface area (Å²) in [5.74, 6) is 1.73. The van der Waals surface area contributed by atoms with Crippen LogP contribution in [0.4, 0.5) is 11.4 Å². The van der Waals surface area contributed by atoms with E-state index in [-0.39, 0.29) is 0 Å². The summed E-state index contributed by atoms with van der Waals surface area (Å²) in [6, 6.07) is 7.93. The molecule has 0 fully saturated rings. The van der Waals surface area contributed by atoms with Crippen molar-refractivity contribution in [3.63, 3.8) is 0 Å². The molecule has 0 bridgehead atoms. The predicted octanol–water partition coefficient (Wildman–Crippen LogP) is 4.64. The molecule has 1 aromatic heterocycles. The summed E-state index contributed by atoms with van der Waals surface area (Å²) >= 11 is 1.81. The third-order valence-electron chi connectivity index (χ3n) is 3.68. The average molecular weight is 299 g/mol. The second kappa shape index (κ2) is 7.27. The van der Waals surface area contributed by atoms with E-state index in [1.54, 1.807) is 0 Å². The summed E-state index contributed by atoms with van der Waals surface area (Å²) in [6.07, 6.45) is 1.96. The number of aromatic nitrogens is 1. The molecular formula is C17H21N3S. The Bertz CT molecular complexity index is 638. The van der Waals surface area contributed by atoms with Crippen molar-refractivity contribution >= 4 is 29.9 Å². The number of benzene rings is 1. The number of nitrogens with zero attached hydrogens (tertiary/aromatic N) is 2. The molecule has 0 unspecified atom stereocenters. The van der Waals surface area contributed by atoms with Crippen LogP contribution in [0, 0.1) is 20.8 Å². The quantitative estimate of drug-likeness (QED) is 0.479. The van der Waals surface area contributed by atoms with Gasteiger partial charge in [0.15, 0.2) is 0 Å². The lowest BCUT2D eigenvalue weighted by atomic mass is 10.1. The first-order valence-electron chi connectivity index (χ1n) is 6.92. The van der Waals surface area contributed by atoms with Gasteiger partial charge in [-0.2, -0.15) is 0 Å². The highest BCUT2D eigenvalue weighted by molar-refractivity contribution is 7.98. The molecule has 0 saturated heterocycles. The van der Waals surface area contributed by atoms with Crippen LogP contribution in [0.15, 0.2) is 35.5 Å². The van der Waals surface area contributed by atoms with Gasteiger partial charge in [-0.1, -0.05) is 12.1 Å². The third-order valence-corrected chi connectivity index (χ3v) is 4.50. The van der Waals surface area contributed by atoms with Gasteiger partial charge in [-0.3, -0.25) is 9.98 Å². The first kappa shape index (κ1) is 15.6. The molecule has 21 heavy (non-hydrogen) atoms. The van der Waals surface area contributed by atoms with Crippen LogP contribution in [0.3, 0.4) is 0 Å². The number of aliphatic imine (C=N–C) groups is 1. The molecule has 0 atom stereocenters. The minimum atomic E-state index is 0.820. The molecule has 0 radical (unpaired) electrons. The molecule has 2 rings (SSSR count). The zero-order valence-corrected chi connectivity index (χ0v) is 13.6. The van der Waals surface area contributed by atoms with Crippen LogP contribution >= 0.6 is 11.8 Å². The molecule has 0 saturated carbocycles. The van der Waals surface area contributed by atoms with E-state index < -0.39 is 0 Å². The van der Waals surface area contributed by atoms with Gasteiger partial charge in [-0.15, -0.1) is 11.8 Å². The number of nitrogens with one attached hydrogen (secondary N) is 1. The molecular weight excluding hydrogens is 278 g/mol. The first-order chi connectivity index (χ1) is 10.1. The van der Waals surface area contributed by atoms with E-state index >= 15 is 0 Å². The fraction of sp³-hybridized carbons (Fsp3) is 0.294. The lowest BCUT2D eigenvalue weighted by Crippen LogP contribution is -2.01. The predicted molar refractivity (Wildman–Crippen MR) is 93.9 cm³/mol. The van der Waals surface area contributed by atoms with Crippen molar-refractivity contribution in [1.82, 2.24) is 4.98 Å². The maximum atomic E-state index is 4.54. The van der Waals surface area contributed by atoms with E-state index in [1.165, 1.54) is 22.4 Å². The zero-order chi connectivity index (χ0) is 15.2. The highest BCUT2D eigenvalue weighted by Gasteiger charge is 2.05. The summed E-state index contributed by atoms with van der Waals surface area (Å²) in [5, 5.41) is 3.38. The van der Waals surface area contributed by atoms with Crippen molar-refractivity contribution in [2.24, 2.45) is 4.99 Å². The summed E-state index contributed by atoms with van der Waals surface area (Å²) in [6.45, 7) is 10.0. The van der Waals surface area contributed by atoms with Gasteiger partial charge in [0.1, 0.15) is 0 Å². The summed E-state index contributed by atoms with van der Waals surface area (Å²) in [5.41, 5.74) is 6.97. The molecule has 0 amide bonds. The first-order valence-corrected chi connectivity index (χ1v) is 8.08. The van der Waals surface area contributed by atoms with Crippen molar-refractivity contribution in [2.75, 3.05) is 11.2 Å². The maximum Gasteiger partial charge on any atom is 0.0853 e. The molecule has 3 nitrogen and oxygen atoms in total. The summed E-state index contributed by atoms with van der Waals surface area (Å²) in [7, 11) is 0. The maximum absolute atomic E-state index is 4.54. The van der Waals surface area contributed by atoms with Crippen LogP contribution in [0.2, 0.25) is 0 Å². The minimum Gasteiger partial charge on any atom is -0.374 e. The largest absolute Gasteiger partial charge is 0.374 e. The lowest BCUT2D eigenvalue weighted by Gasteiger charge is -2.11. The van der Waals surface area contributed by atoms with Gasteiger partial charge < -0.3 is 5.32 Å². The van der Waals surface area contributed by atoms with Crippen LogP contribution in [0.25, 0.3) is 0 Å². The SMILES string of the molecule is C=Nc1ccccc1NCSCc1ncc(C)c(C)c1C. The molecule has 1 aromatic carbocycles. The van der Waals surface area contributed by atoms with Gasteiger partial charge in [0.2, 0.25) is 0 Å². The Kier molecular flexibility index (Phi) is 5.39. The number of thioether (sulfide) groups is 1. The van der Waals surface area contributed by atoms with Gasteiger partial charge in [0.25, 0.3) is 0 Å². The number of aryl methyl sites for hydroxylation is 1. The molecule has 1 N–H and O–H groups in total. The second-order valence-corrected chi connectivity index (χ2v) is 5.97. The molecule has 0 aliphatic heterocycles. The van der Waals surface area contributed by atoms with Gasteiger partial charge in [-0.25, -0.2) is 0 Å². The van der Waals surface area contributed by atoms with Crippen molar-refractivity contribution in [2.45, 2.75) is 26.5 Å². The summed E-state index contributed by atoms with van der Waals surface area (Å²) in [4.78, 5) is 8.55. The van der Waals surface area contributed by atoms with E-state index in [0.29, 0.717) is 0 Å². The molecule has 2 aromatic rings. The van der Waals surface area contributed by atoms with Crippen molar-refractivity contribution in [3.8, 4) is 0 Å². The highest BCUT2D eigenvalue weighted by Crippen LogP contribution is 2.25. The Balaban J connectivity index is 1.91. The standard InChI is InChI=1S/C17H21N3S/c1-12-9-19-17(14(3)13(12)2)10-21-11-20-16-8-6-5-7-15(16)18-4/h5-9,20H,4,10-11H2,1-3H3. The Hall–Kier alpha value is -1.81. The Labute approximate surface area is 130 Å². The van der Waals surface area contributed by atoms with Crippen LogP contribution < -0.4 is 5.32 Å². The number of hydrogen-bond acceptors (Lipinski definition) is 4. The van der Waals surface area contributed by atoms with Gasteiger partial charge >= 0.3 is 0 Å². The van der Waals surface area contributed by atoms with E-state index in [4.69, 9.17) is 0 Å². The van der Waals surface area contributed by atoms with Crippen molar-refractivity contribution < 1.29 is 0 Å². The highest BCUT2D eigenvalue weighted by atomic mass is 32.2. The number of anilines is 1. The second-order valence-electron chi connectivity index (χ2n) is 4.98. The van der Waals surface area contributed by atoms with Crippen LogP contribution in [-0.4, -0.2) is 17.6 Å². The van der Waals surface area contributed by atoms with E-state index in [9.17, 15) is 0 Å². The molecule has 110 valence electrons. The van der Waals surface area contributed by atoms with Crippen LogP contribution in [-0.2, 0) is 5.75 Å². The monoisotopic (exact) mass is 299 g/mol. The Morgan fingerprint density at radius 2 is 1.95 bits per heavy atom. The molecule has 0 spiro atoms. The fourth-order valence-electron chi connectivity index (χ4n) is 2.06. The number of pyridine rings is 1. The number of rotatable bonds is 6. The molecule has 0 aliphatic carbocycles. The third kappa shape index (κ3) is 3.85. The van der Waals surface area contributed by atoms with Crippen LogP contribution in [0.1, 0.15) is 22.4 Å². The number of para-hydroxylation sites is 2. The minimum absolute atomic E-state index is 0.820. The zero-order valence-electron chi connectivity index (χ0n) is 12.8. The van der Waals surface area contributed by atoms with Gasteiger partial charge in [0.05, 0.1) is 22.9 Å². The lowest BCUT2D eigenvalue weighted by molar-refractivity contribution is 1.07. The molecule has 1 heterocycles. The van der Waals surface area contributed by atoms with Crippen molar-refractivity contribution in [3.05, 3.63) is 52.8 Å². The fourth-order valence-corrected chi connectivity index (χ4v) is 2.91. The normalized spacial score (nSPS) is 10.4. The van der Waals surface area contributed by atoms with Crippen molar-refractivity contribution in [1.29, 1.82) is 0 Å². The average Bonchev–Trinajstić information content (AvgIpc) is 2.51. The van der Waals surface area contributed by atoms with E-state index in [2.05, 4.69) is 42.8 Å². The smallest absolute Gasteiger partial charge is 0.0853 e.